The predicted molar refractivity (Wildman–Crippen MR) is 71.3 cm³/mol. The molecule has 2 amide bonds. The number of carbonyl (C=O) groups excluding carboxylic acids is 2. The first kappa shape index (κ1) is 14.0. The third-order valence-corrected chi connectivity index (χ3v) is 3.38. The monoisotopic (exact) mass is 302 g/mol. The van der Waals surface area contributed by atoms with Crippen molar-refractivity contribution < 1.29 is 14.3 Å². The van der Waals surface area contributed by atoms with Gasteiger partial charge in [0.05, 0.1) is 5.02 Å². The Morgan fingerprint density at radius 3 is 2.58 bits per heavy atom. The van der Waals surface area contributed by atoms with Gasteiger partial charge in [0.2, 0.25) is 5.91 Å². The molecule has 1 aromatic rings. The highest BCUT2D eigenvalue weighted by Gasteiger charge is 2.49. The van der Waals surface area contributed by atoms with Crippen LogP contribution in [0.5, 0.6) is 5.75 Å². The van der Waals surface area contributed by atoms with E-state index in [1.54, 1.807) is 12.1 Å². The highest BCUT2D eigenvalue weighted by Crippen LogP contribution is 2.34. The van der Waals surface area contributed by atoms with E-state index in [1.165, 1.54) is 6.07 Å². The maximum atomic E-state index is 11.6. The average Bonchev–Trinajstić information content (AvgIpc) is 3.09. The Bertz CT molecular complexity index is 530. The number of nitrogens with two attached hydrogens (primary N) is 1. The number of nitrogens with one attached hydrogen (secondary N) is 1. The fourth-order valence-corrected chi connectivity index (χ4v) is 2.06. The van der Waals surface area contributed by atoms with Crippen molar-refractivity contribution in [3.63, 3.8) is 0 Å². The van der Waals surface area contributed by atoms with Gasteiger partial charge in [-0.15, -0.1) is 0 Å². The lowest BCUT2D eigenvalue weighted by atomic mass is 10.2. The van der Waals surface area contributed by atoms with E-state index >= 15 is 0 Å². The normalized spacial score (nSPS) is 15.7. The molecule has 0 radical (unpaired) electrons. The molecule has 0 aliphatic heterocycles. The van der Waals surface area contributed by atoms with Gasteiger partial charge < -0.3 is 15.8 Å². The van der Waals surface area contributed by atoms with Crippen LogP contribution in [-0.4, -0.2) is 24.0 Å². The summed E-state index contributed by atoms with van der Waals surface area (Å²) < 4.78 is 5.25. The van der Waals surface area contributed by atoms with Gasteiger partial charge in [-0.1, -0.05) is 23.2 Å². The van der Waals surface area contributed by atoms with Crippen LogP contribution in [0.3, 0.4) is 0 Å². The van der Waals surface area contributed by atoms with Gasteiger partial charge in [-0.2, -0.15) is 0 Å². The van der Waals surface area contributed by atoms with Gasteiger partial charge in [-0.3, -0.25) is 9.59 Å². The zero-order valence-corrected chi connectivity index (χ0v) is 11.4. The Balaban J connectivity index is 1.89. The SMILES string of the molecule is NC(=O)C1(NC(=O)COc2ccc(Cl)cc2Cl)CC1. The van der Waals surface area contributed by atoms with E-state index in [1.807, 2.05) is 0 Å². The Morgan fingerprint density at radius 1 is 1.37 bits per heavy atom. The largest absolute Gasteiger partial charge is 0.482 e. The summed E-state index contributed by atoms with van der Waals surface area (Å²) in [6.07, 6.45) is 1.13. The number of primary amides is 1. The first-order valence-corrected chi connectivity index (χ1v) is 6.37. The van der Waals surface area contributed by atoms with E-state index in [2.05, 4.69) is 5.32 Å². The average molecular weight is 303 g/mol. The molecule has 0 saturated heterocycles. The van der Waals surface area contributed by atoms with Gasteiger partial charge in [-0.05, 0) is 31.0 Å². The van der Waals surface area contributed by atoms with Gasteiger partial charge >= 0.3 is 0 Å². The van der Waals surface area contributed by atoms with Crippen molar-refractivity contribution in [3.8, 4) is 5.75 Å². The highest BCUT2D eigenvalue weighted by molar-refractivity contribution is 6.35. The number of hydrogen-bond donors (Lipinski definition) is 2. The number of hydrogen-bond acceptors (Lipinski definition) is 3. The molecule has 3 N–H and O–H groups in total. The second-order valence-electron chi connectivity index (χ2n) is 4.36. The van der Waals surface area contributed by atoms with Crippen LogP contribution in [0, 0.1) is 0 Å². The van der Waals surface area contributed by atoms with Gasteiger partial charge in [0, 0.05) is 5.02 Å². The van der Waals surface area contributed by atoms with Crippen molar-refractivity contribution in [2.24, 2.45) is 5.73 Å². The minimum Gasteiger partial charge on any atom is -0.482 e. The molecule has 2 rings (SSSR count). The number of rotatable bonds is 5. The molecule has 5 nitrogen and oxygen atoms in total. The number of amides is 2. The third-order valence-electron chi connectivity index (χ3n) is 2.85. The minimum atomic E-state index is -0.885. The maximum absolute atomic E-state index is 11.6. The van der Waals surface area contributed by atoms with Crippen LogP contribution in [0.4, 0.5) is 0 Å². The molecule has 19 heavy (non-hydrogen) atoms. The quantitative estimate of drug-likeness (QED) is 0.865. The van der Waals surface area contributed by atoms with E-state index in [0.29, 0.717) is 28.6 Å². The maximum Gasteiger partial charge on any atom is 0.258 e. The fraction of sp³-hybridized carbons (Fsp3) is 0.333. The topological polar surface area (TPSA) is 81.4 Å². The molecule has 102 valence electrons. The van der Waals surface area contributed by atoms with Crippen LogP contribution in [-0.2, 0) is 9.59 Å². The molecule has 7 heteroatoms. The molecule has 1 aliphatic carbocycles. The van der Waals surface area contributed by atoms with Crippen LogP contribution in [0.25, 0.3) is 0 Å². The van der Waals surface area contributed by atoms with Crippen LogP contribution in [0.15, 0.2) is 18.2 Å². The smallest absolute Gasteiger partial charge is 0.258 e. The molecule has 0 bridgehead atoms. The number of halogens is 2. The van der Waals surface area contributed by atoms with Gasteiger partial charge in [0.1, 0.15) is 11.3 Å². The molecule has 1 aliphatic rings. The van der Waals surface area contributed by atoms with E-state index in [-0.39, 0.29) is 6.61 Å². The third kappa shape index (κ3) is 3.30. The lowest BCUT2D eigenvalue weighted by Crippen LogP contribution is -2.48. The van der Waals surface area contributed by atoms with Crippen molar-refractivity contribution >= 4 is 35.0 Å². The van der Waals surface area contributed by atoms with Crippen molar-refractivity contribution in [2.75, 3.05) is 6.61 Å². The summed E-state index contributed by atoms with van der Waals surface area (Å²) >= 11 is 11.6. The van der Waals surface area contributed by atoms with E-state index in [0.717, 1.165) is 0 Å². The lowest BCUT2D eigenvalue weighted by molar-refractivity contribution is -0.129. The number of ether oxygens (including phenoxy) is 1. The zero-order chi connectivity index (χ0) is 14.0. The Labute approximate surface area is 120 Å². The Morgan fingerprint density at radius 2 is 2.05 bits per heavy atom. The number of benzene rings is 1. The summed E-state index contributed by atoms with van der Waals surface area (Å²) in [7, 11) is 0. The van der Waals surface area contributed by atoms with Crippen LogP contribution in [0.2, 0.25) is 10.0 Å². The van der Waals surface area contributed by atoms with E-state index in [4.69, 9.17) is 33.7 Å². The highest BCUT2D eigenvalue weighted by atomic mass is 35.5. The van der Waals surface area contributed by atoms with Gasteiger partial charge in [-0.25, -0.2) is 0 Å². The molecule has 1 aromatic carbocycles. The molecule has 1 saturated carbocycles. The second-order valence-corrected chi connectivity index (χ2v) is 5.20. The van der Waals surface area contributed by atoms with Gasteiger partial charge in [0.15, 0.2) is 6.61 Å². The van der Waals surface area contributed by atoms with Crippen molar-refractivity contribution in [3.05, 3.63) is 28.2 Å². The van der Waals surface area contributed by atoms with Crippen LogP contribution < -0.4 is 15.8 Å². The summed E-state index contributed by atoms with van der Waals surface area (Å²) in [6.45, 7) is -0.240. The van der Waals surface area contributed by atoms with Crippen molar-refractivity contribution in [1.29, 1.82) is 0 Å². The van der Waals surface area contributed by atoms with E-state index < -0.39 is 17.4 Å². The lowest BCUT2D eigenvalue weighted by Gasteiger charge is -2.14. The van der Waals surface area contributed by atoms with Crippen molar-refractivity contribution in [1.82, 2.24) is 5.32 Å². The molecule has 1 fully saturated rings. The summed E-state index contributed by atoms with van der Waals surface area (Å²) in [4.78, 5) is 22.8. The first-order chi connectivity index (χ1) is 8.93. The van der Waals surface area contributed by atoms with Crippen LogP contribution >= 0.6 is 23.2 Å². The van der Waals surface area contributed by atoms with Crippen molar-refractivity contribution in [2.45, 2.75) is 18.4 Å². The van der Waals surface area contributed by atoms with Gasteiger partial charge in [0.25, 0.3) is 5.91 Å². The standard InChI is InChI=1S/C12H12Cl2N2O3/c13-7-1-2-9(8(14)5-7)19-6-10(17)16-12(3-4-12)11(15)18/h1-2,5H,3-4,6H2,(H2,15,18)(H,16,17). The molecular weight excluding hydrogens is 291 g/mol. The number of carbonyl (C=O) groups is 2. The zero-order valence-electron chi connectivity index (χ0n) is 9.91. The predicted octanol–water partition coefficient (Wildman–Crippen LogP) is 1.51. The Hall–Kier alpha value is -1.46. The Kier molecular flexibility index (Phi) is 3.87. The van der Waals surface area contributed by atoms with E-state index in [9.17, 15) is 9.59 Å². The minimum absolute atomic E-state index is 0.240. The molecule has 0 heterocycles. The summed E-state index contributed by atoms with van der Waals surface area (Å²) in [5, 5.41) is 3.36. The summed E-state index contributed by atoms with van der Waals surface area (Å²) in [6, 6.07) is 4.69. The molecule has 0 spiro atoms. The fourth-order valence-electron chi connectivity index (χ4n) is 1.60. The second kappa shape index (κ2) is 5.27. The molecular formula is C12H12Cl2N2O3. The van der Waals surface area contributed by atoms with Crippen LogP contribution in [0.1, 0.15) is 12.8 Å². The summed E-state index contributed by atoms with van der Waals surface area (Å²) in [5.41, 5.74) is 4.31. The molecule has 0 aromatic heterocycles. The first-order valence-electron chi connectivity index (χ1n) is 5.62. The summed E-state index contributed by atoms with van der Waals surface area (Å²) in [5.74, 6) is -0.585. The molecule has 0 atom stereocenters. The molecule has 0 unspecified atom stereocenters.